The predicted octanol–water partition coefficient (Wildman–Crippen LogP) is 2.86. The van der Waals surface area contributed by atoms with Gasteiger partial charge < -0.3 is 20.3 Å². The molecule has 0 bridgehead atoms. The molecule has 0 aliphatic heterocycles. The van der Waals surface area contributed by atoms with E-state index < -0.39 is 6.09 Å². The van der Waals surface area contributed by atoms with Crippen LogP contribution >= 0.6 is 0 Å². The molecule has 0 saturated heterocycles. The Labute approximate surface area is 160 Å². The molecule has 0 fully saturated rings. The monoisotopic (exact) mass is 369 g/mol. The molecule has 0 aliphatic rings. The van der Waals surface area contributed by atoms with Gasteiger partial charge in [0, 0.05) is 25.3 Å². The summed E-state index contributed by atoms with van der Waals surface area (Å²) >= 11 is 0. The van der Waals surface area contributed by atoms with E-state index in [0.29, 0.717) is 13.1 Å². The number of likely N-dealkylation sites (N-methyl/N-ethyl adjacent to an activating group) is 1. The highest BCUT2D eigenvalue weighted by atomic mass is 16.5. The molecule has 0 aliphatic carbocycles. The van der Waals surface area contributed by atoms with Crippen LogP contribution in [0.2, 0.25) is 0 Å². The van der Waals surface area contributed by atoms with Crippen molar-refractivity contribution < 1.29 is 14.3 Å². The quantitative estimate of drug-likeness (QED) is 0.713. The second-order valence-corrected chi connectivity index (χ2v) is 6.18. The van der Waals surface area contributed by atoms with Crippen LogP contribution in [0.4, 0.5) is 10.5 Å². The number of carbonyl (C=O) groups is 2. The number of hydrogen-bond donors (Lipinski definition) is 2. The first-order valence-corrected chi connectivity index (χ1v) is 9.11. The maximum absolute atomic E-state index is 11.9. The second-order valence-electron chi connectivity index (χ2n) is 6.18. The molecule has 2 N–H and O–H groups in total. The van der Waals surface area contributed by atoms with Crippen molar-refractivity contribution in [3.8, 4) is 0 Å². The summed E-state index contributed by atoms with van der Waals surface area (Å²) in [4.78, 5) is 25.7. The van der Waals surface area contributed by atoms with E-state index >= 15 is 0 Å². The van der Waals surface area contributed by atoms with Gasteiger partial charge in [-0.05, 0) is 37.1 Å². The fraction of sp³-hybridized carbons (Fsp3) is 0.333. The Morgan fingerprint density at radius 2 is 1.81 bits per heavy atom. The van der Waals surface area contributed by atoms with Crippen LogP contribution in [-0.4, -0.2) is 38.2 Å². The van der Waals surface area contributed by atoms with Crippen molar-refractivity contribution in [3.63, 3.8) is 0 Å². The van der Waals surface area contributed by atoms with E-state index in [1.54, 1.807) is 0 Å². The van der Waals surface area contributed by atoms with Gasteiger partial charge in [0.05, 0.1) is 6.54 Å². The number of ether oxygens (including phenoxy) is 1. The lowest BCUT2D eigenvalue weighted by Crippen LogP contribution is -2.40. The van der Waals surface area contributed by atoms with E-state index in [9.17, 15) is 9.59 Å². The van der Waals surface area contributed by atoms with Crippen LogP contribution in [0.5, 0.6) is 0 Å². The Hall–Kier alpha value is -3.02. The number of nitrogens with one attached hydrogen (secondary N) is 2. The molecule has 2 aromatic carbocycles. The minimum atomic E-state index is -0.607. The van der Waals surface area contributed by atoms with Gasteiger partial charge in [-0.3, -0.25) is 4.79 Å². The lowest BCUT2D eigenvalue weighted by atomic mass is 10.2. The van der Waals surface area contributed by atoms with E-state index in [1.807, 2.05) is 36.4 Å². The Morgan fingerprint density at radius 3 is 2.52 bits per heavy atom. The lowest BCUT2D eigenvalue weighted by molar-refractivity contribution is -0.120. The molecule has 0 heterocycles. The number of aryl methyl sites for hydroxylation is 1. The average Bonchev–Trinajstić information content (AvgIpc) is 2.69. The smallest absolute Gasteiger partial charge is 0.407 e. The number of benzene rings is 2. The summed E-state index contributed by atoms with van der Waals surface area (Å²) in [7, 11) is 0. The molecule has 144 valence electrons. The van der Waals surface area contributed by atoms with Gasteiger partial charge in [0.1, 0.15) is 6.61 Å². The van der Waals surface area contributed by atoms with Crippen molar-refractivity contribution >= 4 is 17.7 Å². The highest BCUT2D eigenvalue weighted by molar-refractivity contribution is 5.82. The molecule has 0 aromatic heterocycles. The first-order valence-electron chi connectivity index (χ1n) is 9.11. The van der Waals surface area contributed by atoms with Gasteiger partial charge in [-0.25, -0.2) is 4.79 Å². The zero-order valence-corrected chi connectivity index (χ0v) is 15.9. The number of carbonyl (C=O) groups excluding carboxylic acids is 2. The lowest BCUT2D eigenvalue weighted by Gasteiger charge is -2.23. The van der Waals surface area contributed by atoms with Gasteiger partial charge in [0.15, 0.2) is 0 Å². The SMILES string of the molecule is CCN(CCNC(=O)CNC(=O)OCc1ccccc1)c1cccc(C)c1. The summed E-state index contributed by atoms with van der Waals surface area (Å²) < 4.78 is 5.07. The Balaban J connectivity index is 1.64. The first-order chi connectivity index (χ1) is 13.1. The van der Waals surface area contributed by atoms with Crippen molar-refractivity contribution in [3.05, 3.63) is 65.7 Å². The number of anilines is 1. The minimum absolute atomic E-state index is 0.107. The fourth-order valence-electron chi connectivity index (χ4n) is 2.61. The van der Waals surface area contributed by atoms with Crippen molar-refractivity contribution in [1.82, 2.24) is 10.6 Å². The fourth-order valence-corrected chi connectivity index (χ4v) is 2.61. The molecule has 0 spiro atoms. The van der Waals surface area contributed by atoms with Crippen LogP contribution in [0.25, 0.3) is 0 Å². The number of rotatable bonds is 9. The minimum Gasteiger partial charge on any atom is -0.445 e. The normalized spacial score (nSPS) is 10.1. The molecule has 0 radical (unpaired) electrons. The maximum Gasteiger partial charge on any atom is 0.407 e. The highest BCUT2D eigenvalue weighted by Gasteiger charge is 2.08. The van der Waals surface area contributed by atoms with Crippen molar-refractivity contribution in [2.75, 3.05) is 31.1 Å². The number of amides is 2. The van der Waals surface area contributed by atoms with E-state index in [4.69, 9.17) is 4.74 Å². The van der Waals surface area contributed by atoms with Crippen molar-refractivity contribution in [1.29, 1.82) is 0 Å². The number of alkyl carbamates (subject to hydrolysis) is 1. The van der Waals surface area contributed by atoms with Gasteiger partial charge in [-0.2, -0.15) is 0 Å². The summed E-state index contributed by atoms with van der Waals surface area (Å²) in [5, 5.41) is 5.27. The average molecular weight is 369 g/mol. The van der Waals surface area contributed by atoms with Gasteiger partial charge in [-0.15, -0.1) is 0 Å². The van der Waals surface area contributed by atoms with Crippen molar-refractivity contribution in [2.24, 2.45) is 0 Å². The predicted molar refractivity (Wildman–Crippen MR) is 107 cm³/mol. The molecular weight excluding hydrogens is 342 g/mol. The van der Waals surface area contributed by atoms with Gasteiger partial charge in [0.2, 0.25) is 5.91 Å². The summed E-state index contributed by atoms with van der Waals surface area (Å²) in [6.45, 7) is 6.26. The van der Waals surface area contributed by atoms with Crippen LogP contribution < -0.4 is 15.5 Å². The molecule has 0 saturated carbocycles. The number of nitrogens with zero attached hydrogens (tertiary/aromatic N) is 1. The molecule has 2 rings (SSSR count). The summed E-state index contributed by atoms with van der Waals surface area (Å²) in [6, 6.07) is 17.6. The van der Waals surface area contributed by atoms with E-state index in [2.05, 4.69) is 47.6 Å². The molecule has 2 aromatic rings. The molecule has 2 amide bonds. The van der Waals surface area contributed by atoms with Gasteiger partial charge >= 0.3 is 6.09 Å². The Kier molecular flexibility index (Phi) is 8.16. The zero-order valence-electron chi connectivity index (χ0n) is 15.9. The van der Waals surface area contributed by atoms with Gasteiger partial charge in [-0.1, -0.05) is 42.5 Å². The van der Waals surface area contributed by atoms with Crippen molar-refractivity contribution in [2.45, 2.75) is 20.5 Å². The van der Waals surface area contributed by atoms with Gasteiger partial charge in [0.25, 0.3) is 0 Å². The maximum atomic E-state index is 11.9. The van der Waals surface area contributed by atoms with E-state index in [1.165, 1.54) is 5.56 Å². The van der Waals surface area contributed by atoms with Crippen LogP contribution in [0.1, 0.15) is 18.1 Å². The molecule has 27 heavy (non-hydrogen) atoms. The second kappa shape index (κ2) is 10.9. The van der Waals surface area contributed by atoms with Crippen LogP contribution in [0.3, 0.4) is 0 Å². The largest absolute Gasteiger partial charge is 0.445 e. The van der Waals surface area contributed by atoms with E-state index in [-0.39, 0.29) is 19.1 Å². The molecule has 6 nitrogen and oxygen atoms in total. The Bertz CT molecular complexity index is 734. The highest BCUT2D eigenvalue weighted by Crippen LogP contribution is 2.14. The molecule has 0 atom stereocenters. The molecule has 6 heteroatoms. The van der Waals surface area contributed by atoms with Crippen LogP contribution in [-0.2, 0) is 16.1 Å². The summed E-state index contributed by atoms with van der Waals surface area (Å²) in [5.41, 5.74) is 3.23. The zero-order chi connectivity index (χ0) is 19.5. The van der Waals surface area contributed by atoms with Crippen LogP contribution in [0.15, 0.2) is 54.6 Å². The number of hydrogen-bond acceptors (Lipinski definition) is 4. The Morgan fingerprint density at radius 1 is 1.04 bits per heavy atom. The molecule has 0 unspecified atom stereocenters. The van der Waals surface area contributed by atoms with Crippen LogP contribution in [0, 0.1) is 6.92 Å². The summed E-state index contributed by atoms with van der Waals surface area (Å²) in [5.74, 6) is -0.244. The first kappa shape index (κ1) is 20.3. The third kappa shape index (κ3) is 7.40. The third-order valence-electron chi connectivity index (χ3n) is 4.06. The summed E-state index contributed by atoms with van der Waals surface area (Å²) in [6.07, 6.45) is -0.607. The molecular formula is C21H27N3O3. The van der Waals surface area contributed by atoms with E-state index in [0.717, 1.165) is 17.8 Å². The topological polar surface area (TPSA) is 70.7 Å². The standard InChI is InChI=1S/C21H27N3O3/c1-3-24(19-11-7-8-17(2)14-19)13-12-22-20(25)15-23-21(26)27-16-18-9-5-4-6-10-18/h4-11,14H,3,12-13,15-16H2,1-2H3,(H,22,25)(H,23,26). The third-order valence-corrected chi connectivity index (χ3v) is 4.06.